The zero-order valence-electron chi connectivity index (χ0n) is 19.1. The van der Waals surface area contributed by atoms with E-state index in [0.29, 0.717) is 12.2 Å². The van der Waals surface area contributed by atoms with Crippen LogP contribution in [-0.4, -0.2) is 42.9 Å². The molecule has 1 saturated heterocycles. The van der Waals surface area contributed by atoms with E-state index < -0.39 is 0 Å². The molecular formula is C28H31N3O. The summed E-state index contributed by atoms with van der Waals surface area (Å²) < 4.78 is 0. The normalized spacial score (nSPS) is 20.0. The highest BCUT2D eigenvalue weighted by atomic mass is 16.1. The first-order valence-electron chi connectivity index (χ1n) is 11.6. The van der Waals surface area contributed by atoms with Crippen molar-refractivity contribution in [3.63, 3.8) is 0 Å². The lowest BCUT2D eigenvalue weighted by molar-refractivity contribution is 0.0945. The Hall–Kier alpha value is -2.98. The molecule has 5 rings (SSSR count). The number of allylic oxidation sites excluding steroid dienone is 3. The molecule has 4 nitrogen and oxygen atoms in total. The van der Waals surface area contributed by atoms with Gasteiger partial charge in [-0.3, -0.25) is 9.78 Å². The van der Waals surface area contributed by atoms with Crippen LogP contribution in [-0.2, 0) is 11.8 Å². The first-order chi connectivity index (χ1) is 15.5. The van der Waals surface area contributed by atoms with Crippen LogP contribution < -0.4 is 5.32 Å². The predicted octanol–water partition coefficient (Wildman–Crippen LogP) is 4.76. The van der Waals surface area contributed by atoms with E-state index in [0.717, 1.165) is 61.3 Å². The first kappa shape index (κ1) is 20.9. The van der Waals surface area contributed by atoms with Crippen LogP contribution in [0.4, 0.5) is 0 Å². The molecule has 1 aliphatic heterocycles. The van der Waals surface area contributed by atoms with Gasteiger partial charge in [-0.2, -0.15) is 0 Å². The minimum atomic E-state index is 0.0198. The van der Waals surface area contributed by atoms with E-state index in [1.54, 1.807) is 0 Å². The van der Waals surface area contributed by atoms with E-state index in [1.165, 1.54) is 22.3 Å². The van der Waals surface area contributed by atoms with Crippen LogP contribution in [0.2, 0.25) is 0 Å². The first-order valence-corrected chi connectivity index (χ1v) is 11.6. The van der Waals surface area contributed by atoms with E-state index in [-0.39, 0.29) is 5.41 Å². The van der Waals surface area contributed by atoms with Crippen LogP contribution in [0, 0.1) is 0 Å². The second-order valence-electron chi connectivity index (χ2n) is 9.38. The van der Waals surface area contributed by atoms with Crippen molar-refractivity contribution in [3.05, 3.63) is 88.9 Å². The number of hydrogen-bond donors (Lipinski definition) is 1. The third kappa shape index (κ3) is 3.43. The van der Waals surface area contributed by atoms with Gasteiger partial charge >= 0.3 is 0 Å². The number of aromatic nitrogens is 1. The largest absolute Gasteiger partial charge is 0.393 e. The number of nitrogens with one attached hydrogen (secondary N) is 1. The van der Waals surface area contributed by atoms with E-state index in [4.69, 9.17) is 4.98 Å². The van der Waals surface area contributed by atoms with E-state index in [1.807, 2.05) is 19.3 Å². The molecule has 4 heteroatoms. The zero-order chi connectivity index (χ0) is 22.3. The number of Topliss-reactive ketones (excluding diaryl/α,β-unsaturated/α-hetero) is 1. The summed E-state index contributed by atoms with van der Waals surface area (Å²) in [4.78, 5) is 20.2. The fourth-order valence-corrected chi connectivity index (χ4v) is 5.61. The molecule has 0 saturated carbocycles. The van der Waals surface area contributed by atoms with Gasteiger partial charge in [0.2, 0.25) is 0 Å². The van der Waals surface area contributed by atoms with Gasteiger partial charge in [-0.05, 0) is 74.7 Å². The topological polar surface area (TPSA) is 45.2 Å². The monoisotopic (exact) mass is 425 g/mol. The summed E-state index contributed by atoms with van der Waals surface area (Å²) in [5, 5.41) is 3.08. The number of ketones is 1. The molecule has 2 aromatic rings. The highest BCUT2D eigenvalue weighted by molar-refractivity contribution is 6.03. The summed E-state index contributed by atoms with van der Waals surface area (Å²) in [6.45, 7) is 6.04. The zero-order valence-corrected chi connectivity index (χ0v) is 19.1. The van der Waals surface area contributed by atoms with Crippen LogP contribution in [0.1, 0.15) is 64.1 Å². The van der Waals surface area contributed by atoms with Gasteiger partial charge < -0.3 is 10.2 Å². The molecule has 32 heavy (non-hydrogen) atoms. The van der Waals surface area contributed by atoms with Crippen molar-refractivity contribution in [3.8, 4) is 0 Å². The maximum Gasteiger partial charge on any atom is 0.164 e. The van der Waals surface area contributed by atoms with Crippen molar-refractivity contribution in [2.75, 3.05) is 27.2 Å². The third-order valence-corrected chi connectivity index (χ3v) is 7.45. The summed E-state index contributed by atoms with van der Waals surface area (Å²) in [5.41, 5.74) is 8.96. The van der Waals surface area contributed by atoms with E-state index >= 15 is 0 Å². The highest BCUT2D eigenvalue weighted by Crippen LogP contribution is 2.47. The average Bonchev–Trinajstić information content (AvgIpc) is 3.09. The Morgan fingerprint density at radius 1 is 1.19 bits per heavy atom. The smallest absolute Gasteiger partial charge is 0.164 e. The van der Waals surface area contributed by atoms with E-state index in [9.17, 15) is 4.79 Å². The standard InChI is InChI=1S/C28H31N3O/c1-4-19(18-29-2)25-11-10-22-21(6-5-7-26(22)30-25)20-8-9-23-24(16-20)28(17-27(23)32)12-14-31(3)15-13-28/h4,6,8-11,16,18,29H,1,5,7,12-15,17H2,2-3H3/b19-18+. The van der Waals surface area contributed by atoms with Gasteiger partial charge in [0.1, 0.15) is 0 Å². The van der Waals surface area contributed by atoms with Gasteiger partial charge in [0.25, 0.3) is 0 Å². The van der Waals surface area contributed by atoms with Crippen molar-refractivity contribution in [1.82, 2.24) is 15.2 Å². The lowest BCUT2D eigenvalue weighted by Crippen LogP contribution is -2.39. The van der Waals surface area contributed by atoms with Crippen LogP contribution >= 0.6 is 0 Å². The van der Waals surface area contributed by atoms with Crippen LogP contribution in [0.5, 0.6) is 0 Å². The molecule has 0 bridgehead atoms. The van der Waals surface area contributed by atoms with Gasteiger partial charge in [-0.25, -0.2) is 0 Å². The quantitative estimate of drug-likeness (QED) is 0.718. The van der Waals surface area contributed by atoms with Gasteiger partial charge in [0, 0.05) is 47.5 Å². The van der Waals surface area contributed by atoms with Gasteiger partial charge in [-0.15, -0.1) is 0 Å². The van der Waals surface area contributed by atoms with Crippen molar-refractivity contribution >= 4 is 16.9 Å². The molecule has 0 amide bonds. The Bertz CT molecular complexity index is 1150. The molecule has 1 N–H and O–H groups in total. The summed E-state index contributed by atoms with van der Waals surface area (Å²) in [6, 6.07) is 10.8. The maximum atomic E-state index is 12.8. The Balaban J connectivity index is 1.54. The second kappa shape index (κ2) is 8.18. The van der Waals surface area contributed by atoms with Crippen molar-refractivity contribution in [1.29, 1.82) is 0 Å². The lowest BCUT2D eigenvalue weighted by Gasteiger charge is -2.38. The number of carbonyl (C=O) groups excluding carboxylic acids is 1. The lowest BCUT2D eigenvalue weighted by atomic mass is 9.73. The second-order valence-corrected chi connectivity index (χ2v) is 9.38. The minimum Gasteiger partial charge on any atom is -0.393 e. The van der Waals surface area contributed by atoms with Crippen molar-refractivity contribution in [2.45, 2.75) is 37.5 Å². The molecule has 0 radical (unpaired) electrons. The number of likely N-dealkylation sites (tertiary alicyclic amines) is 1. The molecule has 164 valence electrons. The molecule has 1 spiro atoms. The highest BCUT2D eigenvalue weighted by Gasteiger charge is 2.44. The number of fused-ring (bicyclic) bond motifs is 3. The van der Waals surface area contributed by atoms with Crippen LogP contribution in [0.3, 0.4) is 0 Å². The number of benzene rings is 1. The molecule has 1 aromatic carbocycles. The third-order valence-electron chi connectivity index (χ3n) is 7.45. The van der Waals surface area contributed by atoms with Gasteiger partial charge in [0.15, 0.2) is 5.78 Å². The number of aryl methyl sites for hydroxylation is 1. The Morgan fingerprint density at radius 2 is 1.97 bits per heavy atom. The van der Waals surface area contributed by atoms with E-state index in [2.05, 4.69) is 60.3 Å². The Morgan fingerprint density at radius 3 is 2.72 bits per heavy atom. The number of carbonyl (C=O) groups is 1. The molecular weight excluding hydrogens is 394 g/mol. The molecule has 1 fully saturated rings. The molecule has 0 unspecified atom stereocenters. The van der Waals surface area contributed by atoms with Crippen LogP contribution in [0.25, 0.3) is 11.1 Å². The number of pyridine rings is 1. The Kier molecular flexibility index (Phi) is 5.34. The number of rotatable bonds is 4. The van der Waals surface area contributed by atoms with Gasteiger partial charge in [-0.1, -0.05) is 36.9 Å². The van der Waals surface area contributed by atoms with Gasteiger partial charge in [0.05, 0.1) is 5.69 Å². The predicted molar refractivity (Wildman–Crippen MR) is 131 cm³/mol. The molecule has 3 aliphatic rings. The fourth-order valence-electron chi connectivity index (χ4n) is 5.61. The SMILES string of the molecule is C=C/C(=C\NC)c1ccc2c(n1)CCC=C2c1ccc2c(c1)C1(CCN(C)CC1)CC2=O. The average molecular weight is 426 g/mol. The minimum absolute atomic E-state index is 0.0198. The number of hydrogen-bond acceptors (Lipinski definition) is 4. The molecule has 2 heterocycles. The summed E-state index contributed by atoms with van der Waals surface area (Å²) in [6.07, 6.45) is 10.8. The molecule has 0 atom stereocenters. The number of nitrogens with zero attached hydrogens (tertiary/aromatic N) is 2. The summed E-state index contributed by atoms with van der Waals surface area (Å²) in [5.74, 6) is 0.314. The van der Waals surface area contributed by atoms with Crippen LogP contribution in [0.15, 0.2) is 55.3 Å². The summed E-state index contributed by atoms with van der Waals surface area (Å²) in [7, 11) is 4.06. The number of piperidine rings is 1. The Labute approximate surface area is 190 Å². The van der Waals surface area contributed by atoms with Crippen molar-refractivity contribution < 1.29 is 4.79 Å². The summed E-state index contributed by atoms with van der Waals surface area (Å²) >= 11 is 0. The molecule has 2 aliphatic carbocycles. The maximum absolute atomic E-state index is 12.8. The van der Waals surface area contributed by atoms with Crippen molar-refractivity contribution in [2.24, 2.45) is 0 Å². The fraction of sp³-hybridized carbons (Fsp3) is 0.357. The molecule has 1 aromatic heterocycles.